The van der Waals surface area contributed by atoms with Crippen molar-refractivity contribution in [3.63, 3.8) is 0 Å². The molecule has 0 radical (unpaired) electrons. The van der Waals surface area contributed by atoms with Crippen LogP contribution in [0.15, 0.2) is 12.1 Å². The Hall–Kier alpha value is -0.740. The fourth-order valence-electron chi connectivity index (χ4n) is 2.20. The van der Waals surface area contributed by atoms with Crippen molar-refractivity contribution in [2.45, 2.75) is 38.5 Å². The van der Waals surface area contributed by atoms with E-state index in [1.165, 1.54) is 11.3 Å². The molecular weight excluding hydrogens is 242 g/mol. The van der Waals surface area contributed by atoms with E-state index in [0.29, 0.717) is 17.7 Å². The second-order valence-electron chi connectivity index (χ2n) is 5.24. The van der Waals surface area contributed by atoms with E-state index >= 15 is 0 Å². The summed E-state index contributed by atoms with van der Waals surface area (Å²) in [5.41, 5.74) is 8.14. The van der Waals surface area contributed by atoms with E-state index in [9.17, 15) is 0 Å². The van der Waals surface area contributed by atoms with Crippen molar-refractivity contribution in [3.8, 4) is 0 Å². The summed E-state index contributed by atoms with van der Waals surface area (Å²) in [6.45, 7) is 9.42. The molecule has 0 amide bonds. The Kier molecular flexibility index (Phi) is 4.51. The van der Waals surface area contributed by atoms with Crippen LogP contribution in [0, 0.1) is 0 Å². The van der Waals surface area contributed by atoms with Gasteiger partial charge in [-0.05, 0) is 23.6 Å². The minimum absolute atomic E-state index is 0.451. The minimum atomic E-state index is 0.451. The Bertz CT molecular complexity index is 406. The number of pyridine rings is 1. The molecule has 4 heteroatoms. The van der Waals surface area contributed by atoms with Crippen molar-refractivity contribution >= 4 is 17.6 Å². The van der Waals surface area contributed by atoms with Gasteiger partial charge in [0, 0.05) is 36.3 Å². The first kappa shape index (κ1) is 13.7. The van der Waals surface area contributed by atoms with E-state index in [-0.39, 0.29) is 0 Å². The first-order valence-corrected chi connectivity index (χ1v) is 7.72. The average Bonchev–Trinajstić information content (AvgIpc) is 2.38. The Morgan fingerprint density at radius 3 is 2.89 bits per heavy atom. The molecule has 1 aromatic rings. The second-order valence-corrected chi connectivity index (χ2v) is 6.79. The van der Waals surface area contributed by atoms with Gasteiger partial charge in [-0.2, -0.15) is 11.8 Å². The highest BCUT2D eigenvalue weighted by Gasteiger charge is 2.19. The smallest absolute Gasteiger partial charge is 0.129 e. The summed E-state index contributed by atoms with van der Waals surface area (Å²) < 4.78 is 0. The molecule has 3 nitrogen and oxygen atoms in total. The number of hydrogen-bond acceptors (Lipinski definition) is 4. The Balaban J connectivity index is 2.28. The van der Waals surface area contributed by atoms with Gasteiger partial charge in [0.25, 0.3) is 0 Å². The number of thioether (sulfide) groups is 1. The summed E-state index contributed by atoms with van der Waals surface area (Å²) in [6.07, 6.45) is 0. The van der Waals surface area contributed by atoms with Crippen LogP contribution < -0.4 is 10.6 Å². The highest BCUT2D eigenvalue weighted by Crippen LogP contribution is 2.25. The van der Waals surface area contributed by atoms with E-state index in [1.807, 2.05) is 11.8 Å². The van der Waals surface area contributed by atoms with Crippen LogP contribution in [0.4, 0.5) is 5.82 Å². The third kappa shape index (κ3) is 3.18. The number of rotatable bonds is 3. The highest BCUT2D eigenvalue weighted by molar-refractivity contribution is 8.00. The SMILES string of the molecule is CC1CN(c2cc(CN)cc(C(C)C)n2)CCS1. The molecule has 1 aliphatic rings. The molecule has 0 bridgehead atoms. The first-order valence-electron chi connectivity index (χ1n) is 6.67. The molecule has 1 aromatic heterocycles. The van der Waals surface area contributed by atoms with E-state index in [0.717, 1.165) is 24.6 Å². The van der Waals surface area contributed by atoms with Crippen LogP contribution in [0.3, 0.4) is 0 Å². The molecule has 1 unspecified atom stereocenters. The van der Waals surface area contributed by atoms with Crippen LogP contribution in [0.25, 0.3) is 0 Å². The lowest BCUT2D eigenvalue weighted by Gasteiger charge is -2.32. The van der Waals surface area contributed by atoms with Gasteiger partial charge in [0.05, 0.1) is 0 Å². The molecule has 18 heavy (non-hydrogen) atoms. The third-order valence-electron chi connectivity index (χ3n) is 3.28. The summed E-state index contributed by atoms with van der Waals surface area (Å²) in [6, 6.07) is 4.28. The fraction of sp³-hybridized carbons (Fsp3) is 0.643. The van der Waals surface area contributed by atoms with Gasteiger partial charge >= 0.3 is 0 Å². The predicted molar refractivity (Wildman–Crippen MR) is 80.4 cm³/mol. The molecular formula is C14H23N3S. The molecule has 0 aliphatic carbocycles. The number of aromatic nitrogens is 1. The average molecular weight is 265 g/mol. The van der Waals surface area contributed by atoms with Crippen molar-refractivity contribution in [3.05, 3.63) is 23.4 Å². The molecule has 2 rings (SSSR count). The Labute approximate surface area is 114 Å². The maximum absolute atomic E-state index is 5.79. The number of anilines is 1. The molecule has 2 N–H and O–H groups in total. The summed E-state index contributed by atoms with van der Waals surface area (Å²) in [4.78, 5) is 7.20. The molecule has 2 heterocycles. The maximum Gasteiger partial charge on any atom is 0.129 e. The van der Waals surface area contributed by atoms with E-state index in [4.69, 9.17) is 10.7 Å². The van der Waals surface area contributed by atoms with Crippen LogP contribution in [0.5, 0.6) is 0 Å². The van der Waals surface area contributed by atoms with Gasteiger partial charge in [0.2, 0.25) is 0 Å². The highest BCUT2D eigenvalue weighted by atomic mass is 32.2. The second kappa shape index (κ2) is 5.93. The molecule has 0 spiro atoms. The lowest BCUT2D eigenvalue weighted by Crippen LogP contribution is -2.37. The number of nitrogens with two attached hydrogens (primary N) is 1. The molecule has 1 saturated heterocycles. The van der Waals surface area contributed by atoms with E-state index in [1.54, 1.807) is 0 Å². The van der Waals surface area contributed by atoms with Crippen LogP contribution in [-0.2, 0) is 6.54 Å². The summed E-state index contributed by atoms with van der Waals surface area (Å²) in [5.74, 6) is 2.74. The van der Waals surface area contributed by atoms with Gasteiger partial charge in [0.15, 0.2) is 0 Å². The van der Waals surface area contributed by atoms with Crippen molar-refractivity contribution in [1.82, 2.24) is 4.98 Å². The molecule has 0 saturated carbocycles. The molecule has 1 atom stereocenters. The zero-order valence-corrected chi connectivity index (χ0v) is 12.3. The van der Waals surface area contributed by atoms with Crippen LogP contribution >= 0.6 is 11.8 Å². The predicted octanol–water partition coefficient (Wildman–Crippen LogP) is 2.61. The van der Waals surface area contributed by atoms with Gasteiger partial charge in [-0.25, -0.2) is 4.98 Å². The molecule has 1 fully saturated rings. The quantitative estimate of drug-likeness (QED) is 0.912. The number of nitrogens with zero attached hydrogens (tertiary/aromatic N) is 2. The van der Waals surface area contributed by atoms with Gasteiger partial charge in [-0.15, -0.1) is 0 Å². The number of hydrogen-bond donors (Lipinski definition) is 1. The topological polar surface area (TPSA) is 42.1 Å². The van der Waals surface area contributed by atoms with Crippen molar-refractivity contribution < 1.29 is 0 Å². The van der Waals surface area contributed by atoms with Gasteiger partial charge < -0.3 is 10.6 Å². The zero-order valence-electron chi connectivity index (χ0n) is 11.5. The maximum atomic E-state index is 5.79. The monoisotopic (exact) mass is 265 g/mol. The van der Waals surface area contributed by atoms with E-state index < -0.39 is 0 Å². The van der Waals surface area contributed by atoms with Gasteiger partial charge in [-0.1, -0.05) is 20.8 Å². The van der Waals surface area contributed by atoms with Crippen molar-refractivity contribution in [1.29, 1.82) is 0 Å². The van der Waals surface area contributed by atoms with Crippen LogP contribution in [-0.4, -0.2) is 29.1 Å². The lowest BCUT2D eigenvalue weighted by molar-refractivity contribution is 0.751. The standard InChI is InChI=1S/C14H23N3S/c1-10(2)13-6-12(8-15)7-14(16-13)17-4-5-18-11(3)9-17/h6-7,10-11H,4-5,8-9,15H2,1-3H3. The Morgan fingerprint density at radius 1 is 1.50 bits per heavy atom. The molecule has 100 valence electrons. The molecule has 1 aliphatic heterocycles. The van der Waals surface area contributed by atoms with Crippen LogP contribution in [0.1, 0.15) is 37.9 Å². The summed E-state index contributed by atoms with van der Waals surface area (Å²) in [5, 5.41) is 0.685. The zero-order chi connectivity index (χ0) is 13.1. The van der Waals surface area contributed by atoms with Crippen molar-refractivity contribution in [2.75, 3.05) is 23.7 Å². The van der Waals surface area contributed by atoms with Gasteiger partial charge in [-0.3, -0.25) is 0 Å². The third-order valence-corrected chi connectivity index (χ3v) is 4.42. The lowest BCUT2D eigenvalue weighted by atomic mass is 10.1. The normalized spacial score (nSPS) is 20.5. The first-order chi connectivity index (χ1) is 8.60. The fourth-order valence-corrected chi connectivity index (χ4v) is 3.21. The van der Waals surface area contributed by atoms with E-state index in [2.05, 4.69) is 37.8 Å². The van der Waals surface area contributed by atoms with Crippen LogP contribution in [0.2, 0.25) is 0 Å². The summed E-state index contributed by atoms with van der Waals surface area (Å²) in [7, 11) is 0. The summed E-state index contributed by atoms with van der Waals surface area (Å²) >= 11 is 2.04. The Morgan fingerprint density at radius 2 is 2.28 bits per heavy atom. The van der Waals surface area contributed by atoms with Crippen molar-refractivity contribution in [2.24, 2.45) is 5.73 Å². The van der Waals surface area contributed by atoms with Gasteiger partial charge in [0.1, 0.15) is 5.82 Å². The largest absolute Gasteiger partial charge is 0.355 e. The molecule has 0 aromatic carbocycles. The minimum Gasteiger partial charge on any atom is -0.355 e.